The summed E-state index contributed by atoms with van der Waals surface area (Å²) in [5.74, 6) is 0.606. The highest BCUT2D eigenvalue weighted by Gasteiger charge is 2.17. The minimum atomic E-state index is -0.00583. The molecule has 0 fully saturated rings. The van der Waals surface area contributed by atoms with Crippen molar-refractivity contribution in [2.24, 2.45) is 0 Å². The van der Waals surface area contributed by atoms with Gasteiger partial charge in [-0.25, -0.2) is 4.98 Å². The van der Waals surface area contributed by atoms with Gasteiger partial charge in [-0.05, 0) is 25.3 Å². The number of hydrogen-bond acceptors (Lipinski definition) is 3. The first-order chi connectivity index (χ1) is 7.34. The molecule has 15 heavy (non-hydrogen) atoms. The third-order valence-electron chi connectivity index (χ3n) is 2.74. The van der Waals surface area contributed by atoms with Gasteiger partial charge in [-0.3, -0.25) is 4.79 Å². The Bertz CT molecular complexity index is 540. The highest BCUT2D eigenvalue weighted by atomic mass is 16.3. The highest BCUT2D eigenvalue weighted by Crippen LogP contribution is 2.20. The molecule has 3 rings (SSSR count). The van der Waals surface area contributed by atoms with Crippen molar-refractivity contribution >= 4 is 0 Å². The maximum atomic E-state index is 11.7. The summed E-state index contributed by atoms with van der Waals surface area (Å²) < 4.78 is 4.97. The van der Waals surface area contributed by atoms with E-state index in [-0.39, 0.29) is 5.56 Å². The number of aryl methyl sites for hydroxylation is 1. The van der Waals surface area contributed by atoms with Gasteiger partial charge in [0, 0.05) is 5.56 Å². The Hall–Kier alpha value is -1.84. The molecule has 1 aliphatic rings. The van der Waals surface area contributed by atoms with Crippen LogP contribution in [0.4, 0.5) is 0 Å². The first-order valence-corrected chi connectivity index (χ1v) is 4.99. The fourth-order valence-electron chi connectivity index (χ4n) is 1.98. The zero-order chi connectivity index (χ0) is 10.3. The van der Waals surface area contributed by atoms with Gasteiger partial charge in [0.05, 0.1) is 17.5 Å². The van der Waals surface area contributed by atoms with Crippen molar-refractivity contribution in [1.29, 1.82) is 0 Å². The largest absolute Gasteiger partial charge is 0.472 e. The van der Waals surface area contributed by atoms with Crippen LogP contribution in [0.25, 0.3) is 11.4 Å². The molecular formula is C11H10N2O2. The molecule has 4 nitrogen and oxygen atoms in total. The van der Waals surface area contributed by atoms with E-state index in [2.05, 4.69) is 9.97 Å². The molecule has 1 aliphatic carbocycles. The lowest BCUT2D eigenvalue weighted by Gasteiger charge is -2.00. The van der Waals surface area contributed by atoms with E-state index < -0.39 is 0 Å². The first-order valence-electron chi connectivity index (χ1n) is 4.99. The number of nitrogens with one attached hydrogen (secondary N) is 1. The lowest BCUT2D eigenvalue weighted by molar-refractivity contribution is 0.568. The predicted octanol–water partition coefficient (Wildman–Crippen LogP) is 1.52. The van der Waals surface area contributed by atoms with E-state index in [1.807, 2.05) is 0 Å². The second-order valence-corrected chi connectivity index (χ2v) is 3.71. The van der Waals surface area contributed by atoms with Crippen LogP contribution in [-0.2, 0) is 12.8 Å². The summed E-state index contributed by atoms with van der Waals surface area (Å²) in [7, 11) is 0. The molecule has 2 aromatic rings. The molecule has 4 heteroatoms. The lowest BCUT2D eigenvalue weighted by atomic mass is 10.2. The van der Waals surface area contributed by atoms with E-state index >= 15 is 0 Å². The average Bonchev–Trinajstić information content (AvgIpc) is 2.88. The van der Waals surface area contributed by atoms with Crippen LogP contribution in [0.5, 0.6) is 0 Å². The van der Waals surface area contributed by atoms with Gasteiger partial charge in [-0.2, -0.15) is 0 Å². The van der Waals surface area contributed by atoms with Crippen molar-refractivity contribution in [3.63, 3.8) is 0 Å². The van der Waals surface area contributed by atoms with Crippen molar-refractivity contribution in [3.05, 3.63) is 40.2 Å². The van der Waals surface area contributed by atoms with Crippen molar-refractivity contribution in [2.75, 3.05) is 0 Å². The summed E-state index contributed by atoms with van der Waals surface area (Å²) in [6.07, 6.45) is 5.94. The lowest BCUT2D eigenvalue weighted by Crippen LogP contribution is -2.14. The van der Waals surface area contributed by atoms with Gasteiger partial charge >= 0.3 is 0 Å². The monoisotopic (exact) mass is 202 g/mol. The van der Waals surface area contributed by atoms with Gasteiger partial charge in [0.2, 0.25) is 0 Å². The topological polar surface area (TPSA) is 58.9 Å². The Balaban J connectivity index is 2.20. The predicted molar refractivity (Wildman–Crippen MR) is 54.6 cm³/mol. The standard InChI is InChI=1S/C11H10N2O2/c14-11-8-2-1-3-9(8)12-10(13-11)7-4-5-15-6-7/h4-6H,1-3H2,(H,12,13,14). The number of hydrogen-bond donors (Lipinski definition) is 1. The zero-order valence-corrected chi connectivity index (χ0v) is 8.12. The summed E-state index contributed by atoms with van der Waals surface area (Å²) in [5, 5.41) is 0. The Morgan fingerprint density at radius 2 is 2.33 bits per heavy atom. The van der Waals surface area contributed by atoms with Gasteiger partial charge in [-0.1, -0.05) is 0 Å². The van der Waals surface area contributed by atoms with E-state index in [0.717, 1.165) is 36.1 Å². The van der Waals surface area contributed by atoms with Crippen molar-refractivity contribution < 1.29 is 4.42 Å². The molecule has 0 spiro atoms. The number of aromatic nitrogens is 2. The number of nitrogens with zero attached hydrogens (tertiary/aromatic N) is 1. The number of furan rings is 1. The van der Waals surface area contributed by atoms with Gasteiger partial charge in [0.25, 0.3) is 5.56 Å². The maximum Gasteiger partial charge on any atom is 0.254 e. The SMILES string of the molecule is O=c1[nH]c(-c2ccoc2)nc2c1CCC2. The van der Waals surface area contributed by atoms with Crippen LogP contribution in [0.2, 0.25) is 0 Å². The number of fused-ring (bicyclic) bond motifs is 1. The van der Waals surface area contributed by atoms with Crippen LogP contribution < -0.4 is 5.56 Å². The Morgan fingerprint density at radius 3 is 3.13 bits per heavy atom. The van der Waals surface area contributed by atoms with Crippen LogP contribution in [-0.4, -0.2) is 9.97 Å². The summed E-state index contributed by atoms with van der Waals surface area (Å²) >= 11 is 0. The second kappa shape index (κ2) is 3.08. The van der Waals surface area contributed by atoms with E-state index in [1.54, 1.807) is 18.6 Å². The van der Waals surface area contributed by atoms with Gasteiger partial charge in [0.15, 0.2) is 0 Å². The molecular weight excluding hydrogens is 192 g/mol. The Labute approximate surface area is 86.0 Å². The number of aromatic amines is 1. The van der Waals surface area contributed by atoms with Crippen LogP contribution in [0.15, 0.2) is 27.8 Å². The average molecular weight is 202 g/mol. The van der Waals surface area contributed by atoms with E-state index in [9.17, 15) is 4.79 Å². The Morgan fingerprint density at radius 1 is 1.40 bits per heavy atom. The molecule has 1 N–H and O–H groups in total. The molecule has 0 saturated heterocycles. The quantitative estimate of drug-likeness (QED) is 0.762. The van der Waals surface area contributed by atoms with Crippen LogP contribution in [0, 0.1) is 0 Å². The molecule has 0 aliphatic heterocycles. The number of H-pyrrole nitrogens is 1. The normalized spacial score (nSPS) is 14.1. The van der Waals surface area contributed by atoms with Crippen molar-refractivity contribution in [1.82, 2.24) is 9.97 Å². The van der Waals surface area contributed by atoms with Crippen LogP contribution in [0.1, 0.15) is 17.7 Å². The summed E-state index contributed by atoms with van der Waals surface area (Å²) in [6.45, 7) is 0. The summed E-state index contributed by atoms with van der Waals surface area (Å²) in [4.78, 5) is 18.9. The molecule has 0 amide bonds. The molecule has 0 radical (unpaired) electrons. The van der Waals surface area contributed by atoms with Gasteiger partial charge < -0.3 is 9.40 Å². The molecule has 2 heterocycles. The molecule has 0 unspecified atom stereocenters. The molecule has 0 atom stereocenters. The van der Waals surface area contributed by atoms with Crippen LogP contribution in [0.3, 0.4) is 0 Å². The van der Waals surface area contributed by atoms with Crippen LogP contribution >= 0.6 is 0 Å². The summed E-state index contributed by atoms with van der Waals surface area (Å²) in [5.41, 5.74) is 2.60. The third kappa shape index (κ3) is 1.29. The molecule has 76 valence electrons. The second-order valence-electron chi connectivity index (χ2n) is 3.71. The van der Waals surface area contributed by atoms with Gasteiger partial charge in [-0.15, -0.1) is 0 Å². The van der Waals surface area contributed by atoms with Crippen molar-refractivity contribution in [2.45, 2.75) is 19.3 Å². The minimum absolute atomic E-state index is 0.00583. The minimum Gasteiger partial charge on any atom is -0.472 e. The van der Waals surface area contributed by atoms with Gasteiger partial charge in [0.1, 0.15) is 12.1 Å². The smallest absolute Gasteiger partial charge is 0.254 e. The fraction of sp³-hybridized carbons (Fsp3) is 0.273. The Kier molecular flexibility index (Phi) is 1.74. The fourth-order valence-corrected chi connectivity index (χ4v) is 1.98. The zero-order valence-electron chi connectivity index (χ0n) is 8.12. The van der Waals surface area contributed by atoms with E-state index in [1.165, 1.54) is 0 Å². The molecule has 0 bridgehead atoms. The van der Waals surface area contributed by atoms with E-state index in [0.29, 0.717) is 5.82 Å². The highest BCUT2D eigenvalue weighted by molar-refractivity contribution is 5.53. The molecule has 0 saturated carbocycles. The first kappa shape index (κ1) is 8.47. The van der Waals surface area contributed by atoms with Crippen molar-refractivity contribution in [3.8, 4) is 11.4 Å². The summed E-state index contributed by atoms with van der Waals surface area (Å²) in [6, 6.07) is 1.79. The number of rotatable bonds is 1. The maximum absolute atomic E-state index is 11.7. The third-order valence-corrected chi connectivity index (χ3v) is 2.74. The molecule has 0 aromatic carbocycles. The van der Waals surface area contributed by atoms with E-state index in [4.69, 9.17) is 4.42 Å². The molecule has 2 aromatic heterocycles.